The lowest BCUT2D eigenvalue weighted by Gasteiger charge is -2.35. The van der Waals surface area contributed by atoms with Crippen molar-refractivity contribution in [1.82, 2.24) is 15.1 Å². The van der Waals surface area contributed by atoms with E-state index in [4.69, 9.17) is 14.2 Å². The van der Waals surface area contributed by atoms with E-state index in [1.54, 1.807) is 7.11 Å². The van der Waals surface area contributed by atoms with E-state index >= 15 is 0 Å². The first-order valence-electron chi connectivity index (χ1n) is 14.6. The molecule has 3 fully saturated rings. The zero-order valence-electron chi connectivity index (χ0n) is 23.7. The third-order valence-corrected chi connectivity index (χ3v) is 8.23. The van der Waals surface area contributed by atoms with Crippen LogP contribution in [0, 0.1) is 17.8 Å². The van der Waals surface area contributed by atoms with E-state index in [1.165, 1.54) is 0 Å². The standard InChI is InChI=1S/C30H47N3O5/c1-5-6-13-38-28-16-23(7-10-27(28)36-4)30(35)32(21(2)3)19-24-17-31-18-25(24)20-33(26-8-9-26)29(34)22-11-14-37-15-12-22/h7,10,16,21-22,24-26,31H,5-6,8-9,11-15,17-20H2,1-4H3/t24-,25-/m0/s1. The zero-order chi connectivity index (χ0) is 27.1. The van der Waals surface area contributed by atoms with Gasteiger partial charge in [-0.05, 0) is 76.0 Å². The van der Waals surface area contributed by atoms with Gasteiger partial charge in [-0.3, -0.25) is 9.59 Å². The highest BCUT2D eigenvalue weighted by Gasteiger charge is 2.40. The van der Waals surface area contributed by atoms with Gasteiger partial charge in [0.15, 0.2) is 11.5 Å². The topological polar surface area (TPSA) is 80.3 Å². The number of nitrogens with one attached hydrogen (secondary N) is 1. The van der Waals surface area contributed by atoms with E-state index in [9.17, 15) is 9.59 Å². The predicted octanol–water partition coefficient (Wildman–Crippen LogP) is 3.98. The lowest BCUT2D eigenvalue weighted by Crippen LogP contribution is -2.46. The normalized spacial score (nSPS) is 21.9. The maximum Gasteiger partial charge on any atom is 0.254 e. The summed E-state index contributed by atoms with van der Waals surface area (Å²) in [5.74, 6) is 2.29. The molecule has 1 aromatic rings. The number of methoxy groups -OCH3 is 1. The average molecular weight is 530 g/mol. The fourth-order valence-electron chi connectivity index (χ4n) is 5.65. The first-order valence-corrected chi connectivity index (χ1v) is 14.6. The minimum absolute atomic E-state index is 0.00553. The van der Waals surface area contributed by atoms with Crippen LogP contribution in [0.3, 0.4) is 0 Å². The Morgan fingerprint density at radius 1 is 1.05 bits per heavy atom. The first-order chi connectivity index (χ1) is 18.4. The molecule has 0 spiro atoms. The highest BCUT2D eigenvalue weighted by molar-refractivity contribution is 5.95. The molecular weight excluding hydrogens is 482 g/mol. The number of unbranched alkanes of at least 4 members (excludes halogenated alkanes) is 1. The van der Waals surface area contributed by atoms with E-state index in [-0.39, 0.29) is 17.9 Å². The number of hydrogen-bond donors (Lipinski definition) is 1. The number of carbonyl (C=O) groups excluding carboxylic acids is 2. The van der Waals surface area contributed by atoms with Gasteiger partial charge in [-0.15, -0.1) is 0 Å². The van der Waals surface area contributed by atoms with E-state index < -0.39 is 0 Å². The van der Waals surface area contributed by atoms with Gasteiger partial charge in [-0.1, -0.05) is 13.3 Å². The van der Waals surface area contributed by atoms with E-state index in [2.05, 4.69) is 31.0 Å². The van der Waals surface area contributed by atoms with E-state index in [0.29, 0.717) is 67.2 Å². The average Bonchev–Trinajstić information content (AvgIpc) is 3.68. The van der Waals surface area contributed by atoms with Crippen LogP contribution in [0.25, 0.3) is 0 Å². The van der Waals surface area contributed by atoms with Gasteiger partial charge < -0.3 is 29.3 Å². The van der Waals surface area contributed by atoms with Crippen LogP contribution in [0.2, 0.25) is 0 Å². The Bertz CT molecular complexity index is 928. The Morgan fingerprint density at radius 2 is 1.76 bits per heavy atom. The largest absolute Gasteiger partial charge is 0.493 e. The summed E-state index contributed by atoms with van der Waals surface area (Å²) in [6, 6.07) is 5.91. The minimum Gasteiger partial charge on any atom is -0.493 e. The molecule has 0 radical (unpaired) electrons. The smallest absolute Gasteiger partial charge is 0.254 e. The summed E-state index contributed by atoms with van der Waals surface area (Å²) in [5.41, 5.74) is 0.614. The second kappa shape index (κ2) is 13.7. The maximum absolute atomic E-state index is 13.8. The number of rotatable bonds is 13. The number of hydrogen-bond acceptors (Lipinski definition) is 6. The summed E-state index contributed by atoms with van der Waals surface area (Å²) in [5, 5.41) is 3.55. The quantitative estimate of drug-likeness (QED) is 0.390. The molecule has 1 N–H and O–H groups in total. The SMILES string of the molecule is CCCCOc1cc(C(=O)N(C[C@@H]2CNC[C@H]2CN(C(=O)C2CCOCC2)C2CC2)C(C)C)ccc1OC. The van der Waals surface area contributed by atoms with Crippen molar-refractivity contribution in [2.45, 2.75) is 71.4 Å². The highest BCUT2D eigenvalue weighted by atomic mass is 16.5. The molecule has 1 saturated carbocycles. The molecule has 0 bridgehead atoms. The molecule has 2 heterocycles. The monoisotopic (exact) mass is 529 g/mol. The summed E-state index contributed by atoms with van der Waals surface area (Å²) < 4.78 is 16.9. The second-order valence-corrected chi connectivity index (χ2v) is 11.4. The van der Waals surface area contributed by atoms with Crippen LogP contribution in [0.4, 0.5) is 0 Å². The summed E-state index contributed by atoms with van der Waals surface area (Å²) in [6.45, 7) is 11.4. The number of nitrogens with zero attached hydrogens (tertiary/aromatic N) is 2. The molecule has 4 rings (SSSR count). The molecule has 0 aromatic heterocycles. The molecule has 2 saturated heterocycles. The van der Waals surface area contributed by atoms with Crippen molar-refractivity contribution in [2.24, 2.45) is 17.8 Å². The molecule has 8 nitrogen and oxygen atoms in total. The summed E-state index contributed by atoms with van der Waals surface area (Å²) in [7, 11) is 1.62. The van der Waals surface area contributed by atoms with Gasteiger partial charge in [0.25, 0.3) is 5.91 Å². The van der Waals surface area contributed by atoms with Crippen molar-refractivity contribution in [2.75, 3.05) is 53.1 Å². The summed E-state index contributed by atoms with van der Waals surface area (Å²) in [4.78, 5) is 31.3. The van der Waals surface area contributed by atoms with Gasteiger partial charge in [0.05, 0.1) is 13.7 Å². The fraction of sp³-hybridized carbons (Fsp3) is 0.733. The van der Waals surface area contributed by atoms with Gasteiger partial charge in [-0.2, -0.15) is 0 Å². The molecule has 2 aliphatic heterocycles. The first kappa shape index (κ1) is 28.7. The Kier molecular flexibility index (Phi) is 10.3. The molecule has 1 aromatic carbocycles. The lowest BCUT2D eigenvalue weighted by atomic mass is 9.92. The Labute approximate surface area is 228 Å². The molecule has 3 aliphatic rings. The Morgan fingerprint density at radius 3 is 2.39 bits per heavy atom. The summed E-state index contributed by atoms with van der Waals surface area (Å²) in [6.07, 6.45) is 5.86. The number of carbonyl (C=O) groups is 2. The molecule has 2 atom stereocenters. The van der Waals surface area contributed by atoms with Gasteiger partial charge in [0, 0.05) is 63.0 Å². The van der Waals surface area contributed by atoms with Crippen molar-refractivity contribution < 1.29 is 23.8 Å². The zero-order valence-corrected chi connectivity index (χ0v) is 23.7. The molecular formula is C30H47N3O5. The molecule has 0 unspecified atom stereocenters. The second-order valence-electron chi connectivity index (χ2n) is 11.4. The molecule has 8 heteroatoms. The van der Waals surface area contributed by atoms with Crippen molar-refractivity contribution >= 4 is 11.8 Å². The van der Waals surface area contributed by atoms with Crippen molar-refractivity contribution in [3.63, 3.8) is 0 Å². The molecule has 2 amide bonds. The van der Waals surface area contributed by atoms with Crippen LogP contribution in [0.15, 0.2) is 18.2 Å². The Balaban J connectivity index is 1.44. The Hall–Kier alpha value is -2.32. The number of ether oxygens (including phenoxy) is 3. The molecule has 212 valence electrons. The van der Waals surface area contributed by atoms with Crippen molar-refractivity contribution in [3.8, 4) is 11.5 Å². The van der Waals surface area contributed by atoms with Crippen LogP contribution in [-0.4, -0.2) is 86.8 Å². The minimum atomic E-state index is 0.00553. The van der Waals surface area contributed by atoms with Crippen LogP contribution < -0.4 is 14.8 Å². The maximum atomic E-state index is 13.8. The van der Waals surface area contributed by atoms with Crippen LogP contribution in [0.5, 0.6) is 11.5 Å². The number of amides is 2. The van der Waals surface area contributed by atoms with Crippen LogP contribution in [-0.2, 0) is 9.53 Å². The van der Waals surface area contributed by atoms with Crippen LogP contribution in [0.1, 0.15) is 69.7 Å². The lowest BCUT2D eigenvalue weighted by molar-refractivity contribution is -0.140. The predicted molar refractivity (Wildman–Crippen MR) is 148 cm³/mol. The van der Waals surface area contributed by atoms with Gasteiger partial charge in [0.2, 0.25) is 5.91 Å². The van der Waals surface area contributed by atoms with Gasteiger partial charge in [0.1, 0.15) is 0 Å². The molecule has 38 heavy (non-hydrogen) atoms. The summed E-state index contributed by atoms with van der Waals surface area (Å²) >= 11 is 0. The van der Waals surface area contributed by atoms with E-state index in [0.717, 1.165) is 58.2 Å². The van der Waals surface area contributed by atoms with Gasteiger partial charge in [-0.25, -0.2) is 0 Å². The highest BCUT2D eigenvalue weighted by Crippen LogP contribution is 2.33. The van der Waals surface area contributed by atoms with Crippen LogP contribution >= 0.6 is 0 Å². The van der Waals surface area contributed by atoms with Crippen molar-refractivity contribution in [3.05, 3.63) is 23.8 Å². The number of benzene rings is 1. The third kappa shape index (κ3) is 7.20. The third-order valence-electron chi connectivity index (χ3n) is 8.23. The van der Waals surface area contributed by atoms with Crippen molar-refractivity contribution in [1.29, 1.82) is 0 Å². The van der Waals surface area contributed by atoms with E-state index in [1.807, 2.05) is 23.1 Å². The van der Waals surface area contributed by atoms with Gasteiger partial charge >= 0.3 is 0 Å². The molecule has 1 aliphatic carbocycles. The fourth-order valence-corrected chi connectivity index (χ4v) is 5.65.